The van der Waals surface area contributed by atoms with Crippen LogP contribution in [0.2, 0.25) is 0 Å². The van der Waals surface area contributed by atoms with E-state index in [-0.39, 0.29) is 6.61 Å². The lowest BCUT2D eigenvalue weighted by molar-refractivity contribution is 0.0125. The van der Waals surface area contributed by atoms with Gasteiger partial charge >= 0.3 is 0 Å². The Hall–Kier alpha value is -0.580. The first kappa shape index (κ1) is 14.5. The number of aryl methyl sites for hydroxylation is 1. The zero-order chi connectivity index (χ0) is 12.9. The predicted molar refractivity (Wildman–Crippen MR) is 73.5 cm³/mol. The Balaban J connectivity index is 2.57. The Labute approximate surface area is 111 Å². The van der Waals surface area contributed by atoms with Crippen LogP contribution in [0.25, 0.3) is 0 Å². The van der Waals surface area contributed by atoms with Gasteiger partial charge in [0.25, 0.3) is 0 Å². The summed E-state index contributed by atoms with van der Waals surface area (Å²) in [5.41, 5.74) is 0.206. The van der Waals surface area contributed by atoms with Crippen LogP contribution in [-0.4, -0.2) is 30.4 Å². The van der Waals surface area contributed by atoms with E-state index in [1.165, 1.54) is 0 Å². The summed E-state index contributed by atoms with van der Waals surface area (Å²) >= 11 is 3.40. The van der Waals surface area contributed by atoms with Gasteiger partial charge in [0, 0.05) is 11.0 Å². The van der Waals surface area contributed by atoms with Crippen LogP contribution in [0.15, 0.2) is 22.7 Å². The van der Waals surface area contributed by atoms with Crippen LogP contribution in [0, 0.1) is 6.92 Å². The van der Waals surface area contributed by atoms with Crippen LogP contribution in [-0.2, 0) is 0 Å². The van der Waals surface area contributed by atoms with Gasteiger partial charge in [-0.2, -0.15) is 0 Å². The third-order valence-corrected chi connectivity index (χ3v) is 2.94. The van der Waals surface area contributed by atoms with E-state index in [0.29, 0.717) is 6.54 Å². The molecule has 1 unspecified atom stereocenters. The molecule has 0 saturated carbocycles. The third kappa shape index (κ3) is 5.06. The molecule has 1 aromatic carbocycles. The molecule has 0 amide bonds. The fraction of sp³-hybridized carbons (Fsp3) is 0.538. The number of nitrogens with one attached hydrogen (secondary N) is 1. The van der Waals surface area contributed by atoms with E-state index >= 15 is 0 Å². The first-order valence-electron chi connectivity index (χ1n) is 5.76. The van der Waals surface area contributed by atoms with Gasteiger partial charge in [0.15, 0.2) is 0 Å². The molecular weight excluding hydrogens is 282 g/mol. The average molecular weight is 302 g/mol. The molecule has 0 saturated heterocycles. The van der Waals surface area contributed by atoms with Gasteiger partial charge in [-0.15, -0.1) is 0 Å². The van der Waals surface area contributed by atoms with Crippen LogP contribution < -0.4 is 10.1 Å². The van der Waals surface area contributed by atoms with Crippen LogP contribution >= 0.6 is 15.9 Å². The second-order valence-corrected chi connectivity index (χ2v) is 5.39. The molecule has 0 radical (unpaired) electrons. The highest BCUT2D eigenvalue weighted by Gasteiger charge is 2.21. The van der Waals surface area contributed by atoms with Gasteiger partial charge in [0.2, 0.25) is 0 Å². The molecule has 0 aliphatic carbocycles. The zero-order valence-corrected chi connectivity index (χ0v) is 12.2. The van der Waals surface area contributed by atoms with Gasteiger partial charge in [0.05, 0.1) is 0 Å². The largest absolute Gasteiger partial charge is 0.490 e. The highest BCUT2D eigenvalue weighted by molar-refractivity contribution is 9.10. The number of likely N-dealkylation sites (N-methyl/N-ethyl adjacent to an activating group) is 1. The summed E-state index contributed by atoms with van der Waals surface area (Å²) in [5.74, 6) is 0.802. The van der Waals surface area contributed by atoms with Crippen LogP contribution in [0.3, 0.4) is 0 Å². The quantitative estimate of drug-likeness (QED) is 0.848. The van der Waals surface area contributed by atoms with Crippen LogP contribution in [0.1, 0.15) is 19.4 Å². The van der Waals surface area contributed by atoms with Crippen molar-refractivity contribution in [1.29, 1.82) is 0 Å². The molecule has 17 heavy (non-hydrogen) atoms. The molecule has 0 fully saturated rings. The summed E-state index contributed by atoms with van der Waals surface area (Å²) in [7, 11) is 0. The highest BCUT2D eigenvalue weighted by atomic mass is 79.9. The van der Waals surface area contributed by atoms with E-state index in [0.717, 1.165) is 22.3 Å². The molecule has 2 N–H and O–H groups in total. The number of halogens is 1. The summed E-state index contributed by atoms with van der Waals surface area (Å²) in [6.45, 7) is 7.40. The minimum absolute atomic E-state index is 0.275. The number of hydrogen-bond donors (Lipinski definition) is 2. The fourth-order valence-electron chi connectivity index (χ4n) is 1.41. The van der Waals surface area contributed by atoms with E-state index in [1.54, 1.807) is 6.92 Å². The van der Waals surface area contributed by atoms with Crippen molar-refractivity contribution in [1.82, 2.24) is 5.32 Å². The third-order valence-electron chi connectivity index (χ3n) is 2.44. The first-order valence-corrected chi connectivity index (χ1v) is 6.56. The first-order chi connectivity index (χ1) is 7.94. The minimum atomic E-state index is -0.856. The lowest BCUT2D eigenvalue weighted by Crippen LogP contribution is -2.42. The second kappa shape index (κ2) is 6.38. The van der Waals surface area contributed by atoms with Crippen molar-refractivity contribution in [2.75, 3.05) is 19.7 Å². The van der Waals surface area contributed by atoms with E-state index in [4.69, 9.17) is 4.74 Å². The van der Waals surface area contributed by atoms with Crippen molar-refractivity contribution < 1.29 is 9.84 Å². The summed E-state index contributed by atoms with van der Waals surface area (Å²) < 4.78 is 6.64. The van der Waals surface area contributed by atoms with Crippen molar-refractivity contribution >= 4 is 15.9 Å². The highest BCUT2D eigenvalue weighted by Crippen LogP contribution is 2.23. The molecule has 96 valence electrons. The Bertz CT molecular complexity index is 366. The van der Waals surface area contributed by atoms with Crippen molar-refractivity contribution in [3.63, 3.8) is 0 Å². The monoisotopic (exact) mass is 301 g/mol. The molecule has 3 nitrogen and oxygen atoms in total. The average Bonchev–Trinajstić information content (AvgIpc) is 2.28. The molecule has 0 aromatic heterocycles. The number of benzene rings is 1. The minimum Gasteiger partial charge on any atom is -0.490 e. The maximum absolute atomic E-state index is 10.1. The molecule has 0 heterocycles. The molecule has 1 rings (SSSR count). The molecule has 0 spiro atoms. The maximum Gasteiger partial charge on any atom is 0.123 e. The number of aliphatic hydroxyl groups is 1. The Morgan fingerprint density at radius 2 is 2.18 bits per heavy atom. The van der Waals surface area contributed by atoms with Gasteiger partial charge in [-0.3, -0.25) is 0 Å². The summed E-state index contributed by atoms with van der Waals surface area (Å²) in [6.07, 6.45) is 0. The number of ether oxygens (including phenoxy) is 1. The zero-order valence-electron chi connectivity index (χ0n) is 10.6. The molecule has 4 heteroatoms. The van der Waals surface area contributed by atoms with Crippen molar-refractivity contribution in [3.8, 4) is 5.75 Å². The predicted octanol–water partition coefficient (Wildman–Crippen LogP) is 2.50. The summed E-state index contributed by atoms with van der Waals surface area (Å²) in [6, 6.07) is 5.87. The van der Waals surface area contributed by atoms with Crippen molar-refractivity contribution in [3.05, 3.63) is 28.2 Å². The Morgan fingerprint density at radius 3 is 2.82 bits per heavy atom. The number of rotatable bonds is 6. The standard InChI is InChI=1S/C13H20BrNO2/c1-4-15-8-13(3,16)9-17-12-7-11(14)6-5-10(12)2/h5-7,15-16H,4,8-9H2,1-3H3. The van der Waals surface area contributed by atoms with Crippen molar-refractivity contribution in [2.45, 2.75) is 26.4 Å². The van der Waals surface area contributed by atoms with Crippen molar-refractivity contribution in [2.24, 2.45) is 0 Å². The topological polar surface area (TPSA) is 41.5 Å². The van der Waals surface area contributed by atoms with E-state index in [9.17, 15) is 5.11 Å². The molecular formula is C13H20BrNO2. The summed E-state index contributed by atoms with van der Waals surface area (Å²) in [4.78, 5) is 0. The second-order valence-electron chi connectivity index (χ2n) is 4.48. The number of hydrogen-bond acceptors (Lipinski definition) is 3. The van der Waals surface area contributed by atoms with Crippen LogP contribution in [0.4, 0.5) is 0 Å². The lowest BCUT2D eigenvalue weighted by Gasteiger charge is -2.24. The maximum atomic E-state index is 10.1. The van der Waals surface area contributed by atoms with Gasteiger partial charge in [-0.25, -0.2) is 0 Å². The van der Waals surface area contributed by atoms with Gasteiger partial charge in [-0.05, 0) is 38.1 Å². The van der Waals surface area contributed by atoms with Gasteiger partial charge in [-0.1, -0.05) is 28.9 Å². The molecule has 0 aliphatic heterocycles. The molecule has 1 aromatic rings. The molecule has 1 atom stereocenters. The van der Waals surface area contributed by atoms with E-state index in [1.807, 2.05) is 32.0 Å². The normalized spacial score (nSPS) is 14.4. The summed E-state index contributed by atoms with van der Waals surface area (Å²) in [5, 5.41) is 13.2. The molecule has 0 aliphatic rings. The Morgan fingerprint density at radius 1 is 1.47 bits per heavy atom. The lowest BCUT2D eigenvalue weighted by atomic mass is 10.1. The van der Waals surface area contributed by atoms with Gasteiger partial charge < -0.3 is 15.2 Å². The van der Waals surface area contributed by atoms with E-state index < -0.39 is 5.60 Å². The SMILES string of the molecule is CCNCC(C)(O)COc1cc(Br)ccc1C. The van der Waals surface area contributed by atoms with E-state index in [2.05, 4.69) is 21.2 Å². The van der Waals surface area contributed by atoms with Gasteiger partial charge in [0.1, 0.15) is 18.0 Å². The molecule has 0 bridgehead atoms. The fourth-order valence-corrected chi connectivity index (χ4v) is 1.75. The smallest absolute Gasteiger partial charge is 0.123 e. The van der Waals surface area contributed by atoms with Crippen LogP contribution in [0.5, 0.6) is 5.75 Å². The Kier molecular flexibility index (Phi) is 5.43.